The lowest BCUT2D eigenvalue weighted by atomic mass is 10.0. The minimum atomic E-state index is -0.567. The number of hydrogen-bond donors (Lipinski definition) is 1. The van der Waals surface area contributed by atoms with E-state index in [1.807, 2.05) is 30.3 Å². The molecule has 158 valence electrons. The largest absolute Gasteiger partial charge is 0.423 e. The minimum absolute atomic E-state index is 0.257. The second-order valence-electron chi connectivity index (χ2n) is 7.52. The van der Waals surface area contributed by atoms with Crippen LogP contribution in [-0.4, -0.2) is 28.3 Å². The third kappa shape index (κ3) is 3.67. The summed E-state index contributed by atoms with van der Waals surface area (Å²) in [6.07, 6.45) is 2.07. The molecule has 1 amide bonds. The van der Waals surface area contributed by atoms with Gasteiger partial charge in [-0.05, 0) is 54.4 Å². The van der Waals surface area contributed by atoms with Gasteiger partial charge < -0.3 is 14.6 Å². The van der Waals surface area contributed by atoms with Crippen molar-refractivity contribution < 1.29 is 18.7 Å². The van der Waals surface area contributed by atoms with Gasteiger partial charge in [0.05, 0.1) is 5.69 Å². The fraction of sp³-hybridized carbons (Fsp3) is 0.0769. The Hall–Kier alpha value is -4.19. The maximum Gasteiger partial charge on any atom is 0.347 e. The topological polar surface area (TPSA) is 62.4 Å². The van der Waals surface area contributed by atoms with Crippen molar-refractivity contribution in [3.63, 3.8) is 0 Å². The Bertz CT molecular complexity index is 1340. The highest BCUT2D eigenvalue weighted by molar-refractivity contribution is 6.19. The fourth-order valence-electron chi connectivity index (χ4n) is 3.93. The van der Waals surface area contributed by atoms with Crippen LogP contribution in [0, 0.1) is 5.82 Å². The number of nitrogens with zero attached hydrogens (tertiary/aromatic N) is 1. The second-order valence-corrected chi connectivity index (χ2v) is 7.52. The highest BCUT2D eigenvalue weighted by atomic mass is 19.1. The molecule has 4 aromatic rings. The number of halogens is 1. The average Bonchev–Trinajstić information content (AvgIpc) is 3.07. The van der Waals surface area contributed by atoms with E-state index >= 15 is 0 Å². The van der Waals surface area contributed by atoms with Gasteiger partial charge in [0.25, 0.3) is 5.91 Å². The van der Waals surface area contributed by atoms with Gasteiger partial charge in [0.1, 0.15) is 17.1 Å². The van der Waals surface area contributed by atoms with E-state index in [4.69, 9.17) is 4.74 Å². The van der Waals surface area contributed by atoms with Gasteiger partial charge in [-0.2, -0.15) is 0 Å². The number of carbonyl (C=O) groups excluding carboxylic acids is 2. The summed E-state index contributed by atoms with van der Waals surface area (Å²) in [7, 11) is 0. The summed E-state index contributed by atoms with van der Waals surface area (Å²) in [5, 5.41) is 0.997. The number of carbonyl (C=O) groups is 2. The quantitative estimate of drug-likeness (QED) is 0.372. The molecule has 1 aliphatic heterocycles. The Morgan fingerprint density at radius 1 is 0.906 bits per heavy atom. The Morgan fingerprint density at radius 2 is 1.62 bits per heavy atom. The lowest BCUT2D eigenvalue weighted by Crippen LogP contribution is -2.28. The van der Waals surface area contributed by atoms with Gasteiger partial charge in [-0.15, -0.1) is 0 Å². The monoisotopic (exact) mass is 426 g/mol. The van der Waals surface area contributed by atoms with E-state index in [1.54, 1.807) is 24.3 Å². The number of rotatable bonds is 3. The molecule has 2 heterocycles. The molecule has 3 aromatic carbocycles. The number of hydrogen-bond acceptors (Lipinski definition) is 3. The van der Waals surface area contributed by atoms with Gasteiger partial charge in [0.2, 0.25) is 0 Å². The molecule has 32 heavy (non-hydrogen) atoms. The van der Waals surface area contributed by atoms with Crippen molar-refractivity contribution in [2.75, 3.05) is 6.54 Å². The molecule has 0 radical (unpaired) electrons. The van der Waals surface area contributed by atoms with Crippen LogP contribution in [0.1, 0.15) is 21.6 Å². The average molecular weight is 426 g/mol. The first-order valence-electron chi connectivity index (χ1n) is 10.3. The normalized spacial score (nSPS) is 13.3. The molecule has 1 aliphatic rings. The molecule has 0 bridgehead atoms. The molecule has 0 atom stereocenters. The van der Waals surface area contributed by atoms with Crippen LogP contribution >= 0.6 is 0 Å². The zero-order valence-corrected chi connectivity index (χ0v) is 17.0. The molecular weight excluding hydrogens is 407 g/mol. The van der Waals surface area contributed by atoms with Crippen LogP contribution < -0.4 is 4.74 Å². The van der Waals surface area contributed by atoms with Crippen LogP contribution in [0.4, 0.5) is 4.39 Å². The van der Waals surface area contributed by atoms with Gasteiger partial charge in [-0.3, -0.25) is 4.79 Å². The van der Waals surface area contributed by atoms with Crippen molar-refractivity contribution in [2.45, 2.75) is 6.42 Å². The fourth-order valence-corrected chi connectivity index (χ4v) is 3.93. The van der Waals surface area contributed by atoms with E-state index < -0.39 is 11.8 Å². The lowest BCUT2D eigenvalue weighted by Gasteiger charge is -2.18. The lowest BCUT2D eigenvalue weighted by molar-refractivity contribution is -0.128. The van der Waals surface area contributed by atoms with Crippen molar-refractivity contribution in [3.05, 3.63) is 108 Å². The van der Waals surface area contributed by atoms with E-state index in [0.29, 0.717) is 30.0 Å². The van der Waals surface area contributed by atoms with E-state index in [2.05, 4.69) is 4.98 Å². The second kappa shape index (κ2) is 8.15. The molecule has 0 fully saturated rings. The minimum Gasteiger partial charge on any atom is -0.423 e. The van der Waals surface area contributed by atoms with Gasteiger partial charge in [-0.1, -0.05) is 36.4 Å². The summed E-state index contributed by atoms with van der Waals surface area (Å²) in [5.74, 6) is -0.884. The highest BCUT2D eigenvalue weighted by Crippen LogP contribution is 2.32. The van der Waals surface area contributed by atoms with Crippen LogP contribution in [0.5, 0.6) is 5.75 Å². The van der Waals surface area contributed by atoms with Crippen LogP contribution in [0.3, 0.4) is 0 Å². The van der Waals surface area contributed by atoms with E-state index in [9.17, 15) is 14.0 Å². The maximum atomic E-state index is 13.3. The predicted octanol–water partition coefficient (Wildman–Crippen LogP) is 4.95. The number of benzene rings is 3. The smallest absolute Gasteiger partial charge is 0.347 e. The molecular formula is C26H19FN2O3. The van der Waals surface area contributed by atoms with Gasteiger partial charge in [0.15, 0.2) is 0 Å². The zero-order valence-electron chi connectivity index (χ0n) is 17.0. The summed E-state index contributed by atoms with van der Waals surface area (Å²) >= 11 is 0. The maximum absolute atomic E-state index is 13.3. The summed E-state index contributed by atoms with van der Waals surface area (Å²) in [4.78, 5) is 31.1. The van der Waals surface area contributed by atoms with Crippen molar-refractivity contribution in [1.29, 1.82) is 0 Å². The van der Waals surface area contributed by atoms with Crippen molar-refractivity contribution >= 4 is 28.4 Å². The standard InChI is InChI=1S/C26H19FN2O3/c27-18-12-10-17(11-13-18)25(30)29-15-14-21-20-8-4-5-9-23(20)28-24(21)22(16-29)26(31)32-19-6-2-1-3-7-19/h1-13,16,28H,14-15H2. The molecule has 1 N–H and O–H groups in total. The van der Waals surface area contributed by atoms with E-state index in [-0.39, 0.29) is 11.5 Å². The molecule has 0 saturated carbocycles. The van der Waals surface area contributed by atoms with Crippen LogP contribution in [-0.2, 0) is 11.2 Å². The Morgan fingerprint density at radius 3 is 2.41 bits per heavy atom. The summed E-state index contributed by atoms with van der Waals surface area (Å²) in [6.45, 7) is 0.368. The molecule has 0 unspecified atom stereocenters. The zero-order chi connectivity index (χ0) is 22.1. The van der Waals surface area contributed by atoms with Crippen LogP contribution in [0.25, 0.3) is 16.5 Å². The number of esters is 1. The summed E-state index contributed by atoms with van der Waals surface area (Å²) < 4.78 is 18.9. The SMILES string of the molecule is O=C(Oc1ccccc1)C1=CN(C(=O)c2ccc(F)cc2)CCc2c1[nH]c1ccccc21. The molecule has 1 aromatic heterocycles. The van der Waals surface area contributed by atoms with Gasteiger partial charge in [0, 0.05) is 29.2 Å². The molecule has 5 nitrogen and oxygen atoms in total. The van der Waals surface area contributed by atoms with E-state index in [1.165, 1.54) is 35.4 Å². The van der Waals surface area contributed by atoms with Gasteiger partial charge in [-0.25, -0.2) is 9.18 Å². The number of aromatic nitrogens is 1. The van der Waals surface area contributed by atoms with Crippen molar-refractivity contribution in [3.8, 4) is 5.75 Å². The summed E-state index contributed by atoms with van der Waals surface area (Å²) in [6, 6.07) is 22.0. The molecule has 6 heteroatoms. The Balaban J connectivity index is 1.57. The molecule has 0 saturated heterocycles. The van der Waals surface area contributed by atoms with Crippen LogP contribution in [0.2, 0.25) is 0 Å². The molecule has 5 rings (SSSR count). The highest BCUT2D eigenvalue weighted by Gasteiger charge is 2.28. The number of ether oxygens (including phenoxy) is 1. The van der Waals surface area contributed by atoms with Crippen LogP contribution in [0.15, 0.2) is 85.1 Å². The molecule has 0 aliphatic carbocycles. The molecule has 0 spiro atoms. The van der Waals surface area contributed by atoms with Gasteiger partial charge >= 0.3 is 5.97 Å². The number of fused-ring (bicyclic) bond motifs is 3. The number of aromatic amines is 1. The number of para-hydroxylation sites is 2. The summed E-state index contributed by atoms with van der Waals surface area (Å²) in [5.41, 5.74) is 3.10. The Kier molecular flexibility index (Phi) is 5.03. The first-order chi connectivity index (χ1) is 15.6. The number of amides is 1. The third-order valence-electron chi connectivity index (χ3n) is 5.50. The first-order valence-corrected chi connectivity index (χ1v) is 10.3. The third-order valence-corrected chi connectivity index (χ3v) is 5.50. The number of nitrogens with one attached hydrogen (secondary N) is 1. The van der Waals surface area contributed by atoms with Crippen molar-refractivity contribution in [2.24, 2.45) is 0 Å². The van der Waals surface area contributed by atoms with Crippen molar-refractivity contribution in [1.82, 2.24) is 9.88 Å². The van der Waals surface area contributed by atoms with E-state index in [0.717, 1.165) is 16.5 Å². The predicted molar refractivity (Wildman–Crippen MR) is 119 cm³/mol. The Labute approximate surface area is 183 Å². The number of H-pyrrole nitrogens is 1. The first kappa shape index (κ1) is 19.8.